The van der Waals surface area contributed by atoms with Gasteiger partial charge in [-0.25, -0.2) is 13.6 Å². The topological polar surface area (TPSA) is 86.7 Å². The van der Waals surface area contributed by atoms with Crippen molar-refractivity contribution in [1.29, 1.82) is 0 Å². The van der Waals surface area contributed by atoms with Crippen LogP contribution >= 0.6 is 0 Å². The van der Waals surface area contributed by atoms with Crippen LogP contribution < -0.4 is 5.32 Å². The van der Waals surface area contributed by atoms with Crippen molar-refractivity contribution in [3.8, 4) is 0 Å². The van der Waals surface area contributed by atoms with E-state index in [4.69, 9.17) is 0 Å². The molecule has 1 heterocycles. The highest BCUT2D eigenvalue weighted by Gasteiger charge is 2.34. The average Bonchev–Trinajstić information content (AvgIpc) is 2.53. The summed E-state index contributed by atoms with van der Waals surface area (Å²) >= 11 is 0. The number of aliphatic carboxylic acids is 1. The molecule has 2 N–H and O–H groups in total. The van der Waals surface area contributed by atoms with E-state index in [0.717, 1.165) is 12.1 Å². The van der Waals surface area contributed by atoms with Crippen molar-refractivity contribution in [3.05, 3.63) is 35.4 Å². The third-order valence-electron chi connectivity index (χ3n) is 4.21. The Bertz CT molecular complexity index is 660. The average molecular weight is 354 g/mol. The van der Waals surface area contributed by atoms with Gasteiger partial charge in [0.25, 0.3) is 0 Å². The number of likely N-dealkylation sites (tertiary alicyclic amines) is 1. The second-order valence-corrected chi connectivity index (χ2v) is 6.03. The zero-order chi connectivity index (χ0) is 18.6. The maximum atomic E-state index is 14.0. The Balaban J connectivity index is 2.26. The largest absolute Gasteiger partial charge is 0.480 e. The molecule has 1 aliphatic heterocycles. The Hall–Kier alpha value is -2.51. The van der Waals surface area contributed by atoms with Gasteiger partial charge in [0.1, 0.15) is 17.7 Å². The first-order valence-electron chi connectivity index (χ1n) is 8.04. The first-order chi connectivity index (χ1) is 11.8. The van der Waals surface area contributed by atoms with Gasteiger partial charge in [-0.1, -0.05) is 6.07 Å². The molecule has 1 aromatic carbocycles. The van der Waals surface area contributed by atoms with Gasteiger partial charge in [0.15, 0.2) is 0 Å². The minimum Gasteiger partial charge on any atom is -0.480 e. The molecule has 8 heteroatoms. The van der Waals surface area contributed by atoms with Crippen molar-refractivity contribution < 1.29 is 28.3 Å². The van der Waals surface area contributed by atoms with Crippen LogP contribution in [0.1, 0.15) is 44.2 Å². The number of rotatable bonds is 5. The molecule has 0 radical (unpaired) electrons. The molecule has 136 valence electrons. The third kappa shape index (κ3) is 4.52. The monoisotopic (exact) mass is 354 g/mol. The molecule has 2 rings (SSSR count). The first-order valence-corrected chi connectivity index (χ1v) is 8.04. The van der Waals surface area contributed by atoms with Crippen molar-refractivity contribution in [1.82, 2.24) is 10.2 Å². The summed E-state index contributed by atoms with van der Waals surface area (Å²) in [5, 5.41) is 11.6. The van der Waals surface area contributed by atoms with Crippen LogP contribution in [-0.2, 0) is 14.4 Å². The van der Waals surface area contributed by atoms with Crippen molar-refractivity contribution in [3.63, 3.8) is 0 Å². The molecule has 0 saturated carbocycles. The Morgan fingerprint density at radius 1 is 1.28 bits per heavy atom. The van der Waals surface area contributed by atoms with E-state index in [2.05, 4.69) is 5.32 Å². The lowest BCUT2D eigenvalue weighted by molar-refractivity contribution is -0.152. The molecule has 1 saturated heterocycles. The van der Waals surface area contributed by atoms with Gasteiger partial charge in [0.2, 0.25) is 11.8 Å². The minimum absolute atomic E-state index is 0.266. The van der Waals surface area contributed by atoms with Gasteiger partial charge in [0.05, 0.1) is 12.5 Å². The number of benzene rings is 1. The van der Waals surface area contributed by atoms with Crippen LogP contribution in [0.3, 0.4) is 0 Å². The Morgan fingerprint density at radius 2 is 1.92 bits per heavy atom. The summed E-state index contributed by atoms with van der Waals surface area (Å²) in [6.07, 6.45) is 1.27. The summed E-state index contributed by atoms with van der Waals surface area (Å²) in [5.74, 6) is -3.97. The molecule has 0 unspecified atom stereocenters. The number of hydrogen-bond acceptors (Lipinski definition) is 3. The van der Waals surface area contributed by atoms with Crippen molar-refractivity contribution in [2.24, 2.45) is 0 Å². The van der Waals surface area contributed by atoms with Gasteiger partial charge >= 0.3 is 5.97 Å². The minimum atomic E-state index is -1.21. The highest BCUT2D eigenvalue weighted by Crippen LogP contribution is 2.26. The highest BCUT2D eigenvalue weighted by atomic mass is 19.1. The predicted octanol–water partition coefficient (Wildman–Crippen LogP) is 2.00. The molecule has 25 heavy (non-hydrogen) atoms. The van der Waals surface area contributed by atoms with Crippen LogP contribution in [0.5, 0.6) is 0 Å². The molecule has 0 aliphatic carbocycles. The van der Waals surface area contributed by atoms with Crippen LogP contribution in [-0.4, -0.2) is 40.4 Å². The lowest BCUT2D eigenvalue weighted by Crippen LogP contribution is -2.49. The van der Waals surface area contributed by atoms with Crippen LogP contribution in [0.2, 0.25) is 0 Å². The number of carbonyl (C=O) groups excluding carboxylic acids is 2. The zero-order valence-electron chi connectivity index (χ0n) is 13.8. The Morgan fingerprint density at radius 3 is 2.48 bits per heavy atom. The van der Waals surface area contributed by atoms with E-state index >= 15 is 0 Å². The van der Waals surface area contributed by atoms with Crippen molar-refractivity contribution in [2.45, 2.75) is 44.7 Å². The first kappa shape index (κ1) is 18.8. The second kappa shape index (κ2) is 8.04. The van der Waals surface area contributed by atoms with Gasteiger partial charge in [-0.15, -0.1) is 0 Å². The molecule has 2 atom stereocenters. The number of nitrogens with one attached hydrogen (secondary N) is 1. The summed E-state index contributed by atoms with van der Waals surface area (Å²) in [6.45, 7) is 1.44. The van der Waals surface area contributed by atoms with Crippen LogP contribution in [0.15, 0.2) is 18.2 Å². The molecule has 6 nitrogen and oxygen atoms in total. The third-order valence-corrected chi connectivity index (χ3v) is 4.21. The number of piperidine rings is 1. The Labute approximate surface area is 143 Å². The van der Waals surface area contributed by atoms with Crippen molar-refractivity contribution >= 4 is 17.8 Å². The van der Waals surface area contributed by atoms with Gasteiger partial charge in [-0.3, -0.25) is 9.59 Å². The smallest absolute Gasteiger partial charge is 0.326 e. The number of amides is 2. The number of carbonyl (C=O) groups is 3. The molecular weight excluding hydrogens is 334 g/mol. The number of carboxylic acids is 1. The Kier molecular flexibility index (Phi) is 6.06. The summed E-state index contributed by atoms with van der Waals surface area (Å²) < 4.78 is 28.1. The van der Waals surface area contributed by atoms with E-state index in [9.17, 15) is 28.3 Å². The van der Waals surface area contributed by atoms with Gasteiger partial charge in [-0.05, 0) is 31.4 Å². The van der Waals surface area contributed by atoms with E-state index in [1.54, 1.807) is 0 Å². The normalized spacial score (nSPS) is 18.5. The van der Waals surface area contributed by atoms with Crippen molar-refractivity contribution in [2.75, 3.05) is 6.54 Å². The lowest BCUT2D eigenvalue weighted by atomic mass is 9.98. The van der Waals surface area contributed by atoms with Gasteiger partial charge in [0, 0.05) is 19.0 Å². The SMILES string of the molecule is CC(=O)N[C@@H](CC(=O)N1CCCC[C@H]1C(=O)O)c1c(F)cccc1F. The van der Waals surface area contributed by atoms with E-state index < -0.39 is 53.5 Å². The second-order valence-electron chi connectivity index (χ2n) is 6.03. The number of carboxylic acid groups (broad SMARTS) is 1. The lowest BCUT2D eigenvalue weighted by Gasteiger charge is -2.34. The number of halogens is 2. The van der Waals surface area contributed by atoms with Crippen LogP contribution in [0.4, 0.5) is 8.78 Å². The molecule has 0 aromatic heterocycles. The summed E-state index contributed by atoms with van der Waals surface area (Å²) in [5.41, 5.74) is -0.407. The fraction of sp³-hybridized carbons (Fsp3) is 0.471. The predicted molar refractivity (Wildman–Crippen MR) is 84.5 cm³/mol. The number of hydrogen-bond donors (Lipinski definition) is 2. The fourth-order valence-corrected chi connectivity index (χ4v) is 3.09. The molecule has 1 aliphatic rings. The fourth-order valence-electron chi connectivity index (χ4n) is 3.09. The molecule has 0 bridgehead atoms. The molecule has 1 aromatic rings. The van der Waals surface area contributed by atoms with E-state index in [-0.39, 0.29) is 6.54 Å². The molecular formula is C17H20F2N2O4. The highest BCUT2D eigenvalue weighted by molar-refractivity contribution is 5.85. The molecule has 2 amide bonds. The standard InChI is InChI=1S/C17H20F2N2O4/c1-10(22)20-13(16-11(18)5-4-6-12(16)19)9-15(23)21-8-3-2-7-14(21)17(24)25/h4-6,13-14H,2-3,7-9H2,1H3,(H,20,22)(H,24,25)/t13-,14-/m0/s1. The summed E-state index contributed by atoms with van der Waals surface area (Å²) in [7, 11) is 0. The quantitative estimate of drug-likeness (QED) is 0.847. The summed E-state index contributed by atoms with van der Waals surface area (Å²) in [4.78, 5) is 36.5. The van der Waals surface area contributed by atoms with Crippen LogP contribution in [0.25, 0.3) is 0 Å². The van der Waals surface area contributed by atoms with Gasteiger partial charge < -0.3 is 15.3 Å². The molecule has 0 spiro atoms. The van der Waals surface area contributed by atoms with E-state index in [1.165, 1.54) is 17.9 Å². The van der Waals surface area contributed by atoms with E-state index in [1.807, 2.05) is 0 Å². The van der Waals surface area contributed by atoms with Crippen LogP contribution in [0, 0.1) is 11.6 Å². The maximum Gasteiger partial charge on any atom is 0.326 e. The van der Waals surface area contributed by atoms with E-state index in [0.29, 0.717) is 19.3 Å². The summed E-state index contributed by atoms with van der Waals surface area (Å²) in [6, 6.07) is 1.11. The zero-order valence-corrected chi connectivity index (χ0v) is 13.8. The number of nitrogens with zero attached hydrogens (tertiary/aromatic N) is 1. The maximum absolute atomic E-state index is 14.0. The molecule has 1 fully saturated rings. The van der Waals surface area contributed by atoms with Gasteiger partial charge in [-0.2, -0.15) is 0 Å².